The van der Waals surface area contributed by atoms with Crippen molar-refractivity contribution < 1.29 is 0 Å². The molecule has 0 aliphatic heterocycles. The monoisotopic (exact) mass is 217 g/mol. The summed E-state index contributed by atoms with van der Waals surface area (Å²) >= 11 is 0. The predicted molar refractivity (Wildman–Crippen MR) is 67.6 cm³/mol. The van der Waals surface area contributed by atoms with Gasteiger partial charge in [0.25, 0.3) is 0 Å². The molecule has 0 aromatic heterocycles. The van der Waals surface area contributed by atoms with Crippen molar-refractivity contribution in [1.82, 2.24) is 0 Å². The molecule has 3 nitrogen and oxygen atoms in total. The van der Waals surface area contributed by atoms with E-state index in [0.29, 0.717) is 11.8 Å². The van der Waals surface area contributed by atoms with Gasteiger partial charge >= 0.3 is 0 Å². The van der Waals surface area contributed by atoms with Crippen LogP contribution in [0.4, 0.5) is 0 Å². The van der Waals surface area contributed by atoms with Crippen molar-refractivity contribution in [3.8, 4) is 0 Å². The summed E-state index contributed by atoms with van der Waals surface area (Å²) in [6.45, 7) is 4.35. The molecular formula is C13H19N3. The number of hydrogen-bond donors (Lipinski definition) is 2. The van der Waals surface area contributed by atoms with Crippen LogP contribution in [0.1, 0.15) is 37.3 Å². The van der Waals surface area contributed by atoms with Gasteiger partial charge in [0.1, 0.15) is 5.84 Å². The van der Waals surface area contributed by atoms with Gasteiger partial charge in [0.2, 0.25) is 0 Å². The fourth-order valence-corrected chi connectivity index (χ4v) is 1.64. The maximum atomic E-state index is 5.92. The summed E-state index contributed by atoms with van der Waals surface area (Å²) < 4.78 is 0. The normalized spacial score (nSPS) is 24.9. The third kappa shape index (κ3) is 2.42. The van der Waals surface area contributed by atoms with E-state index in [1.54, 1.807) is 0 Å². The van der Waals surface area contributed by atoms with Gasteiger partial charge in [-0.25, -0.2) is 0 Å². The lowest BCUT2D eigenvalue weighted by atomic mass is 10.0. The maximum absolute atomic E-state index is 5.92. The van der Waals surface area contributed by atoms with Gasteiger partial charge in [0.15, 0.2) is 0 Å². The summed E-state index contributed by atoms with van der Waals surface area (Å²) in [7, 11) is 0. The Morgan fingerprint density at radius 1 is 1.31 bits per heavy atom. The van der Waals surface area contributed by atoms with Crippen LogP contribution in [-0.2, 0) is 0 Å². The number of amidine groups is 1. The molecule has 0 saturated heterocycles. The summed E-state index contributed by atoms with van der Waals surface area (Å²) in [5, 5.41) is 0. The van der Waals surface area contributed by atoms with Crippen LogP contribution in [-0.4, -0.2) is 17.9 Å². The van der Waals surface area contributed by atoms with Crippen LogP contribution in [0, 0.1) is 0 Å². The van der Waals surface area contributed by atoms with Crippen LogP contribution in [0.15, 0.2) is 29.3 Å². The van der Waals surface area contributed by atoms with Gasteiger partial charge in [-0.15, -0.1) is 0 Å². The summed E-state index contributed by atoms with van der Waals surface area (Å²) in [4.78, 5) is 4.38. The summed E-state index contributed by atoms with van der Waals surface area (Å²) in [5.41, 5.74) is 13.9. The number of benzene rings is 1. The predicted octanol–water partition coefficient (Wildman–Crippen LogP) is 1.61. The Balaban J connectivity index is 2.12. The van der Waals surface area contributed by atoms with Crippen LogP contribution in [0.3, 0.4) is 0 Å². The molecule has 1 aliphatic rings. The molecule has 2 unspecified atom stereocenters. The number of aliphatic imine (C=N–C) groups is 1. The molecule has 1 aromatic rings. The van der Waals surface area contributed by atoms with E-state index in [9.17, 15) is 0 Å². The van der Waals surface area contributed by atoms with Crippen molar-refractivity contribution in [3.63, 3.8) is 0 Å². The molecule has 0 radical (unpaired) electrons. The molecule has 0 amide bonds. The number of hydrogen-bond acceptors (Lipinski definition) is 2. The highest BCUT2D eigenvalue weighted by atomic mass is 15.0. The molecule has 0 heterocycles. The van der Waals surface area contributed by atoms with Gasteiger partial charge in [-0.05, 0) is 17.9 Å². The van der Waals surface area contributed by atoms with Crippen LogP contribution >= 0.6 is 0 Å². The third-order valence-electron chi connectivity index (χ3n) is 2.98. The van der Waals surface area contributed by atoms with Crippen LogP contribution in [0.5, 0.6) is 0 Å². The molecule has 3 heteroatoms. The van der Waals surface area contributed by atoms with E-state index >= 15 is 0 Å². The second kappa shape index (κ2) is 4.26. The first-order valence-corrected chi connectivity index (χ1v) is 5.77. The molecule has 86 valence electrons. The fourth-order valence-electron chi connectivity index (χ4n) is 1.64. The number of nitrogens with two attached hydrogens (primary N) is 2. The van der Waals surface area contributed by atoms with Crippen molar-refractivity contribution in [2.24, 2.45) is 16.5 Å². The molecule has 16 heavy (non-hydrogen) atoms. The molecule has 1 aliphatic carbocycles. The quantitative estimate of drug-likeness (QED) is 0.597. The minimum Gasteiger partial charge on any atom is -0.383 e. The molecule has 1 saturated carbocycles. The fraction of sp³-hybridized carbons (Fsp3) is 0.462. The summed E-state index contributed by atoms with van der Waals surface area (Å²) in [5.74, 6) is 1.15. The molecular weight excluding hydrogens is 198 g/mol. The minimum atomic E-state index is 0.216. The van der Waals surface area contributed by atoms with Gasteiger partial charge in [-0.3, -0.25) is 4.99 Å². The molecule has 2 rings (SSSR count). The molecule has 1 aromatic carbocycles. The molecule has 2 atom stereocenters. The zero-order valence-electron chi connectivity index (χ0n) is 9.85. The third-order valence-corrected chi connectivity index (χ3v) is 2.98. The smallest absolute Gasteiger partial charge is 0.125 e. The average molecular weight is 217 g/mol. The Morgan fingerprint density at radius 2 is 1.88 bits per heavy atom. The first-order chi connectivity index (χ1) is 7.58. The Kier molecular flexibility index (Phi) is 2.97. The first kappa shape index (κ1) is 11.1. The van der Waals surface area contributed by atoms with Gasteiger partial charge in [0, 0.05) is 11.6 Å². The van der Waals surface area contributed by atoms with E-state index in [-0.39, 0.29) is 12.1 Å². The van der Waals surface area contributed by atoms with Gasteiger partial charge in [-0.1, -0.05) is 38.1 Å². The van der Waals surface area contributed by atoms with E-state index in [1.165, 1.54) is 5.56 Å². The lowest BCUT2D eigenvalue weighted by molar-refractivity contribution is 0.866. The minimum absolute atomic E-state index is 0.216. The Bertz CT molecular complexity index is 392. The van der Waals surface area contributed by atoms with Gasteiger partial charge in [-0.2, -0.15) is 0 Å². The first-order valence-electron chi connectivity index (χ1n) is 5.77. The van der Waals surface area contributed by atoms with Crippen molar-refractivity contribution >= 4 is 5.84 Å². The Hall–Kier alpha value is -1.35. The van der Waals surface area contributed by atoms with E-state index in [4.69, 9.17) is 11.5 Å². The van der Waals surface area contributed by atoms with Crippen LogP contribution in [0.2, 0.25) is 0 Å². The van der Waals surface area contributed by atoms with E-state index in [1.807, 2.05) is 12.1 Å². The van der Waals surface area contributed by atoms with E-state index < -0.39 is 0 Å². The highest BCUT2D eigenvalue weighted by molar-refractivity contribution is 5.97. The van der Waals surface area contributed by atoms with E-state index in [0.717, 1.165) is 12.0 Å². The summed E-state index contributed by atoms with van der Waals surface area (Å²) in [6, 6.07) is 8.73. The van der Waals surface area contributed by atoms with Crippen LogP contribution < -0.4 is 11.5 Å². The lowest BCUT2D eigenvalue weighted by Gasteiger charge is -2.06. The molecule has 1 fully saturated rings. The zero-order valence-corrected chi connectivity index (χ0v) is 9.85. The van der Waals surface area contributed by atoms with Crippen molar-refractivity contribution in [1.29, 1.82) is 0 Å². The second-order valence-electron chi connectivity index (χ2n) is 4.76. The largest absolute Gasteiger partial charge is 0.383 e. The zero-order chi connectivity index (χ0) is 11.7. The molecule has 0 bridgehead atoms. The average Bonchev–Trinajstić information content (AvgIpc) is 2.94. The highest BCUT2D eigenvalue weighted by Gasteiger charge is 2.33. The van der Waals surface area contributed by atoms with Crippen molar-refractivity contribution in [2.45, 2.75) is 38.3 Å². The Labute approximate surface area is 96.6 Å². The standard InChI is InChI=1S/C13H19N3/c1-8(2)9-3-5-10(6-4-9)13(15)16-12-7-11(12)14/h3-6,8,11-12H,7,14H2,1-2H3,(H2,15,16). The molecule has 4 N–H and O–H groups in total. The number of nitrogens with zero attached hydrogens (tertiary/aromatic N) is 1. The Morgan fingerprint density at radius 3 is 2.31 bits per heavy atom. The molecule has 0 spiro atoms. The summed E-state index contributed by atoms with van der Waals surface area (Å²) in [6.07, 6.45) is 0.963. The van der Waals surface area contributed by atoms with Crippen molar-refractivity contribution in [3.05, 3.63) is 35.4 Å². The topological polar surface area (TPSA) is 64.4 Å². The lowest BCUT2D eigenvalue weighted by Crippen LogP contribution is -2.16. The SMILES string of the molecule is CC(C)c1ccc(C(N)=NC2CC2N)cc1. The van der Waals surface area contributed by atoms with E-state index in [2.05, 4.69) is 31.0 Å². The van der Waals surface area contributed by atoms with Gasteiger partial charge < -0.3 is 11.5 Å². The maximum Gasteiger partial charge on any atom is 0.125 e. The van der Waals surface area contributed by atoms with Gasteiger partial charge in [0.05, 0.1) is 6.04 Å². The van der Waals surface area contributed by atoms with Crippen molar-refractivity contribution in [2.75, 3.05) is 0 Å². The van der Waals surface area contributed by atoms with Crippen LogP contribution in [0.25, 0.3) is 0 Å². The highest BCUT2D eigenvalue weighted by Crippen LogP contribution is 2.23. The number of rotatable bonds is 3. The second-order valence-corrected chi connectivity index (χ2v) is 4.76.